The lowest BCUT2D eigenvalue weighted by Gasteiger charge is -2.25. The number of amides is 1. The largest absolute Gasteiger partial charge is 0.417 e. The van der Waals surface area contributed by atoms with E-state index in [4.69, 9.17) is 17.3 Å². The van der Waals surface area contributed by atoms with Crippen LogP contribution in [0.15, 0.2) is 12.3 Å². The number of carbonyl (C=O) groups is 1. The predicted molar refractivity (Wildman–Crippen MR) is 90.5 cm³/mol. The maximum absolute atomic E-state index is 12.7. The van der Waals surface area contributed by atoms with Crippen molar-refractivity contribution in [2.75, 3.05) is 18.0 Å². The molecule has 140 valence electrons. The number of hydrogen-bond acceptors (Lipinski definition) is 4. The maximum atomic E-state index is 12.7. The van der Waals surface area contributed by atoms with E-state index in [0.29, 0.717) is 25.9 Å². The Hall–Kier alpha value is -1.54. The Morgan fingerprint density at radius 3 is 2.76 bits per heavy atom. The van der Waals surface area contributed by atoms with Crippen molar-refractivity contribution in [3.63, 3.8) is 0 Å². The van der Waals surface area contributed by atoms with Gasteiger partial charge in [-0.2, -0.15) is 13.2 Å². The SMILES string of the molecule is CCCC(C)(N)C(=O)NC1CCN(c2ncc(C(F)(F)F)cc2Cl)C1. The molecular weight excluding hydrogens is 357 g/mol. The van der Waals surface area contributed by atoms with Crippen LogP contribution < -0.4 is 16.0 Å². The Labute approximate surface area is 149 Å². The molecule has 25 heavy (non-hydrogen) atoms. The molecule has 2 unspecified atom stereocenters. The molecular formula is C16H22ClF3N4O. The molecule has 1 aromatic heterocycles. The molecule has 1 aliphatic heterocycles. The van der Waals surface area contributed by atoms with Crippen LogP contribution in [-0.4, -0.2) is 35.6 Å². The Kier molecular flexibility index (Phi) is 5.83. The number of alkyl halides is 3. The van der Waals surface area contributed by atoms with Crippen LogP contribution in [0.3, 0.4) is 0 Å². The van der Waals surface area contributed by atoms with Crippen molar-refractivity contribution < 1.29 is 18.0 Å². The van der Waals surface area contributed by atoms with Crippen molar-refractivity contribution in [1.29, 1.82) is 0 Å². The minimum Gasteiger partial charge on any atom is -0.353 e. The van der Waals surface area contributed by atoms with Gasteiger partial charge in [0.1, 0.15) is 5.82 Å². The number of anilines is 1. The van der Waals surface area contributed by atoms with E-state index in [0.717, 1.165) is 18.7 Å². The molecule has 3 N–H and O–H groups in total. The van der Waals surface area contributed by atoms with E-state index in [1.54, 1.807) is 11.8 Å². The van der Waals surface area contributed by atoms with Crippen molar-refractivity contribution >= 4 is 23.3 Å². The standard InChI is InChI=1S/C16H22ClF3N4O/c1-3-5-15(2,21)14(25)23-11-4-6-24(9-11)13-12(17)7-10(8-22-13)16(18,19)20/h7-8,11H,3-6,9,21H2,1-2H3,(H,23,25). The zero-order chi connectivity index (χ0) is 18.8. The Morgan fingerprint density at radius 2 is 2.20 bits per heavy atom. The fraction of sp³-hybridized carbons (Fsp3) is 0.625. The highest BCUT2D eigenvalue weighted by Crippen LogP contribution is 2.34. The van der Waals surface area contributed by atoms with Crippen LogP contribution in [0.1, 0.15) is 38.7 Å². The molecule has 1 saturated heterocycles. The third kappa shape index (κ3) is 4.76. The number of nitrogens with two attached hydrogens (primary N) is 1. The van der Waals surface area contributed by atoms with Crippen LogP contribution in [-0.2, 0) is 11.0 Å². The van der Waals surface area contributed by atoms with Crippen molar-refractivity contribution in [3.05, 3.63) is 22.8 Å². The molecule has 0 aromatic carbocycles. The van der Waals surface area contributed by atoms with Gasteiger partial charge in [0, 0.05) is 25.3 Å². The third-order valence-electron chi connectivity index (χ3n) is 4.26. The summed E-state index contributed by atoms with van der Waals surface area (Å²) in [6.07, 6.45) is -1.70. The van der Waals surface area contributed by atoms with E-state index in [9.17, 15) is 18.0 Å². The molecule has 0 radical (unpaired) electrons. The number of nitrogens with zero attached hydrogens (tertiary/aromatic N) is 2. The zero-order valence-corrected chi connectivity index (χ0v) is 14.9. The van der Waals surface area contributed by atoms with Gasteiger partial charge < -0.3 is 16.0 Å². The lowest BCUT2D eigenvalue weighted by molar-refractivity contribution is -0.137. The van der Waals surface area contributed by atoms with E-state index >= 15 is 0 Å². The Bertz CT molecular complexity index is 636. The number of nitrogens with one attached hydrogen (secondary N) is 1. The predicted octanol–water partition coefficient (Wildman–Crippen LogP) is 2.97. The molecule has 0 aliphatic carbocycles. The summed E-state index contributed by atoms with van der Waals surface area (Å²) in [5, 5.41) is 2.84. The summed E-state index contributed by atoms with van der Waals surface area (Å²) in [6, 6.07) is 0.723. The van der Waals surface area contributed by atoms with Gasteiger partial charge in [-0.15, -0.1) is 0 Å². The summed E-state index contributed by atoms with van der Waals surface area (Å²) in [6.45, 7) is 4.60. The van der Waals surface area contributed by atoms with E-state index in [-0.39, 0.29) is 22.8 Å². The topological polar surface area (TPSA) is 71.2 Å². The van der Waals surface area contributed by atoms with Crippen LogP contribution in [0.4, 0.5) is 19.0 Å². The quantitative estimate of drug-likeness (QED) is 0.826. The van der Waals surface area contributed by atoms with Gasteiger partial charge in [0.15, 0.2) is 0 Å². The molecule has 0 spiro atoms. The maximum Gasteiger partial charge on any atom is 0.417 e. The second-order valence-electron chi connectivity index (χ2n) is 6.60. The summed E-state index contributed by atoms with van der Waals surface area (Å²) >= 11 is 5.97. The van der Waals surface area contributed by atoms with E-state index in [2.05, 4.69) is 10.3 Å². The van der Waals surface area contributed by atoms with Crippen LogP contribution in [0.25, 0.3) is 0 Å². The first kappa shape index (κ1) is 19.8. The van der Waals surface area contributed by atoms with Crippen molar-refractivity contribution in [1.82, 2.24) is 10.3 Å². The number of rotatable bonds is 5. The van der Waals surface area contributed by atoms with Gasteiger partial charge in [-0.25, -0.2) is 4.98 Å². The average Bonchev–Trinajstić information content (AvgIpc) is 2.94. The van der Waals surface area contributed by atoms with Crippen molar-refractivity contribution in [3.8, 4) is 0 Å². The molecule has 1 aliphatic rings. The minimum atomic E-state index is -4.48. The van der Waals surface area contributed by atoms with Crippen LogP contribution in [0, 0.1) is 0 Å². The van der Waals surface area contributed by atoms with Gasteiger partial charge in [-0.05, 0) is 25.8 Å². The van der Waals surface area contributed by atoms with Gasteiger partial charge in [0.2, 0.25) is 5.91 Å². The summed E-state index contributed by atoms with van der Waals surface area (Å²) in [4.78, 5) is 17.9. The van der Waals surface area contributed by atoms with Crippen molar-refractivity contribution in [2.24, 2.45) is 5.73 Å². The van der Waals surface area contributed by atoms with E-state index in [1.165, 1.54) is 0 Å². The molecule has 0 bridgehead atoms. The second kappa shape index (κ2) is 7.37. The molecule has 1 aromatic rings. The van der Waals surface area contributed by atoms with Crippen LogP contribution in [0.5, 0.6) is 0 Å². The van der Waals surface area contributed by atoms with Gasteiger partial charge in [0.05, 0.1) is 16.1 Å². The Balaban J connectivity index is 2.02. The highest BCUT2D eigenvalue weighted by Gasteiger charge is 2.34. The van der Waals surface area contributed by atoms with Crippen LogP contribution >= 0.6 is 11.6 Å². The molecule has 9 heteroatoms. The van der Waals surface area contributed by atoms with E-state index in [1.807, 2.05) is 6.92 Å². The monoisotopic (exact) mass is 378 g/mol. The summed E-state index contributed by atoms with van der Waals surface area (Å²) in [5.74, 6) is 0.0585. The van der Waals surface area contributed by atoms with Gasteiger partial charge in [-0.3, -0.25) is 4.79 Å². The molecule has 2 rings (SSSR count). The minimum absolute atomic E-state index is 0.0588. The zero-order valence-electron chi connectivity index (χ0n) is 14.2. The highest BCUT2D eigenvalue weighted by atomic mass is 35.5. The first-order chi connectivity index (χ1) is 11.5. The molecule has 2 atom stereocenters. The first-order valence-corrected chi connectivity index (χ1v) is 8.50. The fourth-order valence-electron chi connectivity index (χ4n) is 2.87. The number of pyridine rings is 1. The van der Waals surface area contributed by atoms with Gasteiger partial charge >= 0.3 is 6.18 Å². The molecule has 1 amide bonds. The molecule has 5 nitrogen and oxygen atoms in total. The third-order valence-corrected chi connectivity index (χ3v) is 4.54. The number of halogens is 4. The summed E-state index contributed by atoms with van der Waals surface area (Å²) in [5.41, 5.74) is 4.19. The van der Waals surface area contributed by atoms with E-state index < -0.39 is 17.3 Å². The molecule has 1 fully saturated rings. The smallest absolute Gasteiger partial charge is 0.353 e. The highest BCUT2D eigenvalue weighted by molar-refractivity contribution is 6.33. The Morgan fingerprint density at radius 1 is 1.52 bits per heavy atom. The number of aromatic nitrogens is 1. The first-order valence-electron chi connectivity index (χ1n) is 8.12. The van der Waals surface area contributed by atoms with Crippen molar-refractivity contribution in [2.45, 2.75) is 50.9 Å². The molecule has 0 saturated carbocycles. The second-order valence-corrected chi connectivity index (χ2v) is 7.01. The van der Waals surface area contributed by atoms with Crippen LogP contribution in [0.2, 0.25) is 5.02 Å². The number of hydrogen-bond donors (Lipinski definition) is 2. The molecule has 2 heterocycles. The lowest BCUT2D eigenvalue weighted by Crippen LogP contribution is -2.54. The summed E-state index contributed by atoms with van der Waals surface area (Å²) < 4.78 is 38.1. The average molecular weight is 379 g/mol. The normalized spacial score (nSPS) is 20.4. The summed E-state index contributed by atoms with van der Waals surface area (Å²) in [7, 11) is 0. The van der Waals surface area contributed by atoms with Gasteiger partial charge in [-0.1, -0.05) is 24.9 Å². The lowest BCUT2D eigenvalue weighted by atomic mass is 9.96. The van der Waals surface area contributed by atoms with Gasteiger partial charge in [0.25, 0.3) is 0 Å². The fourth-order valence-corrected chi connectivity index (χ4v) is 3.16. The number of carbonyl (C=O) groups excluding carboxylic acids is 1.